The van der Waals surface area contributed by atoms with Crippen molar-refractivity contribution >= 4 is 11.8 Å². The zero-order valence-corrected chi connectivity index (χ0v) is 12.0. The standard InChI is InChI=1S/C13H27N3O3/c1-11(5-7-14)3-4-12(17)15-8-6-13(18)16-9-10-19-2/h11H,3-10,14H2,1-2H3,(H,15,17)(H,16,18). The molecule has 0 aliphatic rings. The third-order valence-corrected chi connectivity index (χ3v) is 2.83. The maximum atomic E-state index is 11.5. The number of methoxy groups -OCH3 is 1. The molecule has 4 N–H and O–H groups in total. The Morgan fingerprint density at radius 3 is 2.37 bits per heavy atom. The van der Waals surface area contributed by atoms with E-state index in [-0.39, 0.29) is 11.8 Å². The van der Waals surface area contributed by atoms with Crippen LogP contribution in [0.1, 0.15) is 32.6 Å². The van der Waals surface area contributed by atoms with Crippen LogP contribution >= 0.6 is 0 Å². The summed E-state index contributed by atoms with van der Waals surface area (Å²) in [4.78, 5) is 22.8. The number of ether oxygens (including phenoxy) is 1. The maximum absolute atomic E-state index is 11.5. The molecule has 0 radical (unpaired) electrons. The van der Waals surface area contributed by atoms with Crippen LogP contribution in [-0.2, 0) is 14.3 Å². The van der Waals surface area contributed by atoms with E-state index >= 15 is 0 Å². The number of nitrogens with one attached hydrogen (secondary N) is 2. The van der Waals surface area contributed by atoms with Crippen LogP contribution in [-0.4, -0.2) is 45.2 Å². The number of rotatable bonds is 11. The van der Waals surface area contributed by atoms with Gasteiger partial charge >= 0.3 is 0 Å². The minimum Gasteiger partial charge on any atom is -0.383 e. The highest BCUT2D eigenvalue weighted by Gasteiger charge is 2.07. The maximum Gasteiger partial charge on any atom is 0.221 e. The first kappa shape index (κ1) is 17.9. The highest BCUT2D eigenvalue weighted by Crippen LogP contribution is 2.08. The largest absolute Gasteiger partial charge is 0.383 e. The Morgan fingerprint density at radius 2 is 1.74 bits per heavy atom. The summed E-state index contributed by atoms with van der Waals surface area (Å²) in [5, 5.41) is 5.43. The molecule has 0 aliphatic heterocycles. The lowest BCUT2D eigenvalue weighted by Gasteiger charge is -2.10. The van der Waals surface area contributed by atoms with Crippen LogP contribution in [0.3, 0.4) is 0 Å². The summed E-state index contributed by atoms with van der Waals surface area (Å²) in [6.07, 6.45) is 2.57. The second kappa shape index (κ2) is 11.9. The fourth-order valence-corrected chi connectivity index (χ4v) is 1.59. The van der Waals surface area contributed by atoms with E-state index in [1.54, 1.807) is 7.11 Å². The molecule has 6 heteroatoms. The van der Waals surface area contributed by atoms with Crippen molar-refractivity contribution in [1.82, 2.24) is 10.6 Å². The van der Waals surface area contributed by atoms with Gasteiger partial charge in [0.1, 0.15) is 0 Å². The van der Waals surface area contributed by atoms with E-state index in [2.05, 4.69) is 17.6 Å². The van der Waals surface area contributed by atoms with Crippen LogP contribution in [0.5, 0.6) is 0 Å². The van der Waals surface area contributed by atoms with Gasteiger partial charge in [-0.25, -0.2) is 0 Å². The normalized spacial score (nSPS) is 11.9. The van der Waals surface area contributed by atoms with E-state index in [0.717, 1.165) is 12.8 Å². The molecular weight excluding hydrogens is 246 g/mol. The van der Waals surface area contributed by atoms with E-state index in [1.807, 2.05) is 0 Å². The monoisotopic (exact) mass is 273 g/mol. The van der Waals surface area contributed by atoms with Gasteiger partial charge in [-0.1, -0.05) is 6.92 Å². The Balaban J connectivity index is 3.49. The van der Waals surface area contributed by atoms with Gasteiger partial charge in [0.05, 0.1) is 6.61 Å². The Bertz CT molecular complexity index is 260. The summed E-state index contributed by atoms with van der Waals surface area (Å²) in [5.41, 5.74) is 5.45. The lowest BCUT2D eigenvalue weighted by atomic mass is 10.0. The van der Waals surface area contributed by atoms with Gasteiger partial charge in [0.25, 0.3) is 0 Å². The molecule has 6 nitrogen and oxygen atoms in total. The van der Waals surface area contributed by atoms with Gasteiger partial charge in [-0.3, -0.25) is 9.59 Å². The van der Waals surface area contributed by atoms with E-state index < -0.39 is 0 Å². The fraction of sp³-hybridized carbons (Fsp3) is 0.846. The minimum atomic E-state index is -0.0751. The Hall–Kier alpha value is -1.14. The summed E-state index contributed by atoms with van der Waals surface area (Å²) in [5.74, 6) is 0.385. The highest BCUT2D eigenvalue weighted by atomic mass is 16.5. The van der Waals surface area contributed by atoms with Gasteiger partial charge < -0.3 is 21.1 Å². The molecule has 1 atom stereocenters. The van der Waals surface area contributed by atoms with E-state index in [9.17, 15) is 9.59 Å². The first-order chi connectivity index (χ1) is 9.10. The predicted molar refractivity (Wildman–Crippen MR) is 74.6 cm³/mol. The lowest BCUT2D eigenvalue weighted by Crippen LogP contribution is -2.32. The molecule has 0 saturated heterocycles. The smallest absolute Gasteiger partial charge is 0.221 e. The molecule has 2 amide bonds. The van der Waals surface area contributed by atoms with Gasteiger partial charge in [0.2, 0.25) is 11.8 Å². The second-order valence-electron chi connectivity index (χ2n) is 4.66. The topological polar surface area (TPSA) is 93.5 Å². The molecule has 0 heterocycles. The van der Waals surface area contributed by atoms with Crippen LogP contribution in [0.4, 0.5) is 0 Å². The van der Waals surface area contributed by atoms with E-state index in [1.165, 1.54) is 0 Å². The molecule has 0 aromatic carbocycles. The number of carbonyl (C=O) groups excluding carboxylic acids is 2. The quantitative estimate of drug-likeness (QED) is 0.463. The van der Waals surface area contributed by atoms with Crippen molar-refractivity contribution < 1.29 is 14.3 Å². The van der Waals surface area contributed by atoms with Gasteiger partial charge in [-0.15, -0.1) is 0 Å². The van der Waals surface area contributed by atoms with E-state index in [4.69, 9.17) is 10.5 Å². The minimum absolute atomic E-state index is 0.00596. The van der Waals surface area contributed by atoms with Crippen molar-refractivity contribution in [3.63, 3.8) is 0 Å². The van der Waals surface area contributed by atoms with Gasteiger partial charge in [0, 0.05) is 33.0 Å². The van der Waals surface area contributed by atoms with Crippen LogP contribution in [0.2, 0.25) is 0 Å². The number of hydrogen-bond donors (Lipinski definition) is 3. The van der Waals surface area contributed by atoms with Crippen LogP contribution in [0, 0.1) is 5.92 Å². The number of amides is 2. The number of hydrogen-bond acceptors (Lipinski definition) is 4. The van der Waals surface area contributed by atoms with E-state index in [0.29, 0.717) is 45.0 Å². The van der Waals surface area contributed by atoms with Crippen molar-refractivity contribution in [3.05, 3.63) is 0 Å². The molecule has 19 heavy (non-hydrogen) atoms. The molecule has 1 unspecified atom stereocenters. The molecule has 0 rings (SSSR count). The third kappa shape index (κ3) is 11.7. The van der Waals surface area contributed by atoms with Gasteiger partial charge in [-0.2, -0.15) is 0 Å². The predicted octanol–water partition coefficient (Wildman–Crippen LogP) is 0.0204. The zero-order chi connectivity index (χ0) is 14.5. The molecule has 0 aromatic heterocycles. The average molecular weight is 273 g/mol. The first-order valence-corrected chi connectivity index (χ1v) is 6.82. The lowest BCUT2D eigenvalue weighted by molar-refractivity contribution is -0.122. The molecule has 0 saturated carbocycles. The molecule has 112 valence electrons. The Labute approximate surface area is 115 Å². The molecule has 0 aromatic rings. The molecule has 0 aliphatic carbocycles. The van der Waals surface area contributed by atoms with Crippen molar-refractivity contribution in [2.45, 2.75) is 32.6 Å². The molecule has 0 fully saturated rings. The molecular formula is C13H27N3O3. The number of carbonyl (C=O) groups is 2. The SMILES string of the molecule is COCCNC(=O)CCNC(=O)CCC(C)CCN. The highest BCUT2D eigenvalue weighted by molar-refractivity contribution is 5.78. The average Bonchev–Trinajstić information content (AvgIpc) is 2.37. The van der Waals surface area contributed by atoms with Crippen LogP contribution < -0.4 is 16.4 Å². The summed E-state index contributed by atoms with van der Waals surface area (Å²) in [7, 11) is 1.58. The second-order valence-corrected chi connectivity index (χ2v) is 4.66. The summed E-state index contributed by atoms with van der Waals surface area (Å²) >= 11 is 0. The number of nitrogens with two attached hydrogens (primary N) is 1. The van der Waals surface area contributed by atoms with Gasteiger partial charge in [0.15, 0.2) is 0 Å². The third-order valence-electron chi connectivity index (χ3n) is 2.83. The van der Waals surface area contributed by atoms with Crippen molar-refractivity contribution in [2.24, 2.45) is 11.7 Å². The van der Waals surface area contributed by atoms with Crippen LogP contribution in [0.25, 0.3) is 0 Å². The summed E-state index contributed by atoms with van der Waals surface area (Å²) in [6, 6.07) is 0. The Kier molecular flexibility index (Phi) is 11.2. The van der Waals surface area contributed by atoms with Crippen molar-refractivity contribution in [3.8, 4) is 0 Å². The first-order valence-electron chi connectivity index (χ1n) is 6.82. The summed E-state index contributed by atoms with van der Waals surface area (Å²) in [6.45, 7) is 4.12. The van der Waals surface area contributed by atoms with Crippen LogP contribution in [0.15, 0.2) is 0 Å². The molecule has 0 bridgehead atoms. The van der Waals surface area contributed by atoms with Crippen molar-refractivity contribution in [2.75, 3.05) is 33.4 Å². The fourth-order valence-electron chi connectivity index (χ4n) is 1.59. The molecule has 0 spiro atoms. The summed E-state index contributed by atoms with van der Waals surface area (Å²) < 4.78 is 4.82. The van der Waals surface area contributed by atoms with Crippen molar-refractivity contribution in [1.29, 1.82) is 0 Å². The Morgan fingerprint density at radius 1 is 1.11 bits per heavy atom. The zero-order valence-electron chi connectivity index (χ0n) is 12.0. The van der Waals surface area contributed by atoms with Gasteiger partial charge in [-0.05, 0) is 25.3 Å².